The summed E-state index contributed by atoms with van der Waals surface area (Å²) in [6, 6.07) is 11.9. The third-order valence-corrected chi connectivity index (χ3v) is 4.51. The first kappa shape index (κ1) is 18.1. The second-order valence-electron chi connectivity index (χ2n) is 5.65. The van der Waals surface area contributed by atoms with Crippen LogP contribution in [0.4, 0.5) is 4.39 Å². The summed E-state index contributed by atoms with van der Waals surface area (Å²) in [6.45, 7) is 2.03. The Kier molecular flexibility index (Phi) is 5.37. The van der Waals surface area contributed by atoms with Crippen LogP contribution in [0.15, 0.2) is 53.1 Å². The normalized spacial score (nSPS) is 10.6. The predicted molar refractivity (Wildman–Crippen MR) is 100 cm³/mol. The molecule has 0 unspecified atom stereocenters. The third kappa shape index (κ3) is 3.62. The molecule has 26 heavy (non-hydrogen) atoms. The predicted octanol–water partition coefficient (Wildman–Crippen LogP) is 4.02. The zero-order chi connectivity index (χ0) is 18.7. The molecule has 3 rings (SSSR count). The number of halogens is 2. The summed E-state index contributed by atoms with van der Waals surface area (Å²) in [5.41, 5.74) is 2.10. The highest BCUT2D eigenvalue weighted by Crippen LogP contribution is 2.23. The van der Waals surface area contributed by atoms with Crippen LogP contribution in [-0.2, 0) is 6.54 Å². The van der Waals surface area contributed by atoms with Crippen molar-refractivity contribution < 1.29 is 13.9 Å². The minimum Gasteiger partial charge on any atom is -0.496 e. The Morgan fingerprint density at radius 1 is 1.31 bits per heavy atom. The zero-order valence-electron chi connectivity index (χ0n) is 14.3. The maximum absolute atomic E-state index is 14.0. The SMILES string of the molecule is COc1ccc(Br)cc1CNC(=O)c1cnn(-c2ccccc2F)c1C. The lowest BCUT2D eigenvalue weighted by Gasteiger charge is -2.10. The fourth-order valence-corrected chi connectivity index (χ4v) is 3.06. The first-order chi connectivity index (χ1) is 12.5. The highest BCUT2D eigenvalue weighted by Gasteiger charge is 2.17. The molecule has 0 spiro atoms. The molecule has 0 saturated heterocycles. The Morgan fingerprint density at radius 2 is 2.08 bits per heavy atom. The van der Waals surface area contributed by atoms with Crippen LogP contribution in [0.2, 0.25) is 0 Å². The van der Waals surface area contributed by atoms with Crippen LogP contribution in [0.5, 0.6) is 5.75 Å². The molecule has 0 bridgehead atoms. The van der Waals surface area contributed by atoms with E-state index in [4.69, 9.17) is 4.74 Å². The first-order valence-electron chi connectivity index (χ1n) is 7.91. The summed E-state index contributed by atoms with van der Waals surface area (Å²) in [5.74, 6) is 0.00363. The maximum Gasteiger partial charge on any atom is 0.255 e. The lowest BCUT2D eigenvalue weighted by atomic mass is 10.2. The topological polar surface area (TPSA) is 56.1 Å². The van der Waals surface area contributed by atoms with E-state index in [1.54, 1.807) is 32.2 Å². The van der Waals surface area contributed by atoms with Gasteiger partial charge < -0.3 is 10.1 Å². The molecule has 1 N–H and O–H groups in total. The Bertz CT molecular complexity index is 956. The van der Waals surface area contributed by atoms with E-state index in [0.717, 1.165) is 10.0 Å². The van der Waals surface area contributed by atoms with Crippen LogP contribution < -0.4 is 10.1 Å². The van der Waals surface area contributed by atoms with E-state index in [1.165, 1.54) is 16.9 Å². The number of para-hydroxylation sites is 1. The van der Waals surface area contributed by atoms with Crippen LogP contribution in [0.25, 0.3) is 5.69 Å². The molecule has 0 radical (unpaired) electrons. The van der Waals surface area contributed by atoms with E-state index in [-0.39, 0.29) is 5.91 Å². The molecule has 1 heterocycles. The van der Waals surface area contributed by atoms with E-state index in [0.29, 0.717) is 29.2 Å². The van der Waals surface area contributed by atoms with Crippen molar-refractivity contribution in [2.24, 2.45) is 0 Å². The number of aromatic nitrogens is 2. The lowest BCUT2D eigenvalue weighted by Crippen LogP contribution is -2.23. The molecule has 0 aliphatic rings. The molecule has 134 valence electrons. The quantitative estimate of drug-likeness (QED) is 0.681. The van der Waals surface area contributed by atoms with Crippen molar-refractivity contribution in [3.05, 3.63) is 75.8 Å². The number of carbonyl (C=O) groups excluding carboxylic acids is 1. The molecular weight excluding hydrogens is 401 g/mol. The van der Waals surface area contributed by atoms with Crippen LogP contribution >= 0.6 is 15.9 Å². The molecule has 0 fully saturated rings. The molecule has 5 nitrogen and oxygen atoms in total. The van der Waals surface area contributed by atoms with Crippen molar-refractivity contribution in [3.8, 4) is 11.4 Å². The number of nitrogens with one attached hydrogen (secondary N) is 1. The summed E-state index contributed by atoms with van der Waals surface area (Å²) in [7, 11) is 1.58. The molecule has 3 aromatic rings. The van der Waals surface area contributed by atoms with Gasteiger partial charge in [0.1, 0.15) is 17.3 Å². The monoisotopic (exact) mass is 417 g/mol. The molecule has 7 heteroatoms. The zero-order valence-corrected chi connectivity index (χ0v) is 15.9. The number of nitrogens with zero attached hydrogens (tertiary/aromatic N) is 2. The number of rotatable bonds is 5. The Balaban J connectivity index is 1.80. The average Bonchev–Trinajstić information content (AvgIpc) is 3.01. The van der Waals surface area contributed by atoms with E-state index in [9.17, 15) is 9.18 Å². The second kappa shape index (κ2) is 7.70. The molecule has 1 aromatic heterocycles. The molecule has 0 saturated carbocycles. The number of hydrogen-bond acceptors (Lipinski definition) is 3. The molecule has 1 amide bonds. The molecule has 0 aliphatic heterocycles. The number of amides is 1. The van der Waals surface area contributed by atoms with Crippen molar-refractivity contribution in [2.75, 3.05) is 7.11 Å². The molecular formula is C19H17BrFN3O2. The fraction of sp³-hybridized carbons (Fsp3) is 0.158. The number of ether oxygens (including phenoxy) is 1. The first-order valence-corrected chi connectivity index (χ1v) is 8.70. The standard InChI is InChI=1S/C19H17BrFN3O2/c1-12-15(11-23-24(12)17-6-4-3-5-16(17)21)19(25)22-10-13-9-14(20)7-8-18(13)26-2/h3-9,11H,10H2,1-2H3,(H,22,25). The molecule has 0 aliphatic carbocycles. The largest absolute Gasteiger partial charge is 0.496 e. The van der Waals surface area contributed by atoms with Gasteiger partial charge in [0.15, 0.2) is 0 Å². The van der Waals surface area contributed by atoms with Crippen molar-refractivity contribution >= 4 is 21.8 Å². The number of benzene rings is 2. The van der Waals surface area contributed by atoms with Gasteiger partial charge in [-0.1, -0.05) is 28.1 Å². The smallest absolute Gasteiger partial charge is 0.255 e. The fourth-order valence-electron chi connectivity index (χ4n) is 2.65. The van der Waals surface area contributed by atoms with Gasteiger partial charge in [0.2, 0.25) is 0 Å². The number of methoxy groups -OCH3 is 1. The lowest BCUT2D eigenvalue weighted by molar-refractivity contribution is 0.0950. The van der Waals surface area contributed by atoms with Crippen molar-refractivity contribution in [3.63, 3.8) is 0 Å². The summed E-state index contributed by atoms with van der Waals surface area (Å²) < 4.78 is 21.6. The number of carbonyl (C=O) groups is 1. The minimum atomic E-state index is -0.399. The van der Waals surface area contributed by atoms with Crippen LogP contribution in [-0.4, -0.2) is 22.8 Å². The van der Waals surface area contributed by atoms with Gasteiger partial charge in [0, 0.05) is 16.6 Å². The van der Waals surface area contributed by atoms with Crippen LogP contribution in [0.1, 0.15) is 21.6 Å². The van der Waals surface area contributed by atoms with Crippen LogP contribution in [0.3, 0.4) is 0 Å². The third-order valence-electron chi connectivity index (χ3n) is 4.02. The van der Waals surface area contributed by atoms with E-state index in [1.807, 2.05) is 18.2 Å². The minimum absolute atomic E-state index is 0.285. The Morgan fingerprint density at radius 3 is 2.81 bits per heavy atom. The Hall–Kier alpha value is -2.67. The summed E-state index contributed by atoms with van der Waals surface area (Å²) in [6.07, 6.45) is 1.44. The summed E-state index contributed by atoms with van der Waals surface area (Å²) in [4.78, 5) is 12.5. The van der Waals surface area contributed by atoms with E-state index >= 15 is 0 Å². The van der Waals surface area contributed by atoms with E-state index in [2.05, 4.69) is 26.3 Å². The van der Waals surface area contributed by atoms with Gasteiger partial charge in [-0.2, -0.15) is 5.10 Å². The van der Waals surface area contributed by atoms with Gasteiger partial charge in [0.05, 0.1) is 24.6 Å². The summed E-state index contributed by atoms with van der Waals surface area (Å²) >= 11 is 3.41. The van der Waals surface area contributed by atoms with Crippen molar-refractivity contribution in [2.45, 2.75) is 13.5 Å². The van der Waals surface area contributed by atoms with Gasteiger partial charge in [-0.25, -0.2) is 9.07 Å². The van der Waals surface area contributed by atoms with Crippen LogP contribution in [0, 0.1) is 12.7 Å². The highest BCUT2D eigenvalue weighted by atomic mass is 79.9. The van der Waals surface area contributed by atoms with Gasteiger partial charge in [0.25, 0.3) is 5.91 Å². The molecule has 0 atom stereocenters. The second-order valence-corrected chi connectivity index (χ2v) is 6.56. The highest BCUT2D eigenvalue weighted by molar-refractivity contribution is 9.10. The van der Waals surface area contributed by atoms with E-state index < -0.39 is 5.82 Å². The van der Waals surface area contributed by atoms with Gasteiger partial charge >= 0.3 is 0 Å². The average molecular weight is 418 g/mol. The Labute approximate surface area is 158 Å². The molecule has 2 aromatic carbocycles. The number of hydrogen-bond donors (Lipinski definition) is 1. The maximum atomic E-state index is 14.0. The van der Waals surface area contributed by atoms with Crippen molar-refractivity contribution in [1.82, 2.24) is 15.1 Å². The summed E-state index contributed by atoms with van der Waals surface area (Å²) in [5, 5.41) is 7.00. The van der Waals surface area contributed by atoms with Crippen molar-refractivity contribution in [1.29, 1.82) is 0 Å². The van der Waals surface area contributed by atoms with Gasteiger partial charge in [-0.05, 0) is 37.3 Å². The van der Waals surface area contributed by atoms with Gasteiger partial charge in [-0.3, -0.25) is 4.79 Å². The van der Waals surface area contributed by atoms with Gasteiger partial charge in [-0.15, -0.1) is 0 Å².